The van der Waals surface area contributed by atoms with E-state index in [1.54, 1.807) is 23.4 Å². The molecule has 0 saturated heterocycles. The van der Waals surface area contributed by atoms with Gasteiger partial charge in [0, 0.05) is 30.4 Å². The van der Waals surface area contributed by atoms with E-state index in [4.69, 9.17) is 5.11 Å². The summed E-state index contributed by atoms with van der Waals surface area (Å²) in [7, 11) is 0. The number of carboxylic acids is 1. The van der Waals surface area contributed by atoms with E-state index < -0.39 is 5.97 Å². The summed E-state index contributed by atoms with van der Waals surface area (Å²) in [5, 5.41) is 15.5. The van der Waals surface area contributed by atoms with Crippen LogP contribution in [0.1, 0.15) is 26.7 Å². The van der Waals surface area contributed by atoms with Crippen molar-refractivity contribution in [1.82, 2.24) is 29.6 Å². The fourth-order valence-corrected chi connectivity index (χ4v) is 3.34. The fourth-order valence-electron chi connectivity index (χ4n) is 2.58. The van der Waals surface area contributed by atoms with Crippen LogP contribution in [0.4, 0.5) is 0 Å². The lowest BCUT2D eigenvalue weighted by atomic mass is 10.2. The van der Waals surface area contributed by atoms with Crippen molar-refractivity contribution < 1.29 is 14.7 Å². The molecule has 0 spiro atoms. The second-order valence-corrected chi connectivity index (χ2v) is 6.24. The number of aromatic carboxylic acids is 1. The molecule has 1 aliphatic rings. The van der Waals surface area contributed by atoms with Crippen LogP contribution in [0.5, 0.6) is 0 Å². The van der Waals surface area contributed by atoms with Gasteiger partial charge in [-0.3, -0.25) is 9.48 Å². The number of carboxylic acid groups (broad SMARTS) is 1. The lowest BCUT2D eigenvalue weighted by Gasteiger charge is -2.26. The third kappa shape index (κ3) is 2.87. The maximum Gasteiger partial charge on any atom is 0.356 e. The minimum Gasteiger partial charge on any atom is -0.476 e. The van der Waals surface area contributed by atoms with Crippen LogP contribution in [-0.4, -0.2) is 53.2 Å². The zero-order chi connectivity index (χ0) is 17.4. The van der Waals surface area contributed by atoms with Crippen LogP contribution in [0.25, 0.3) is 10.8 Å². The van der Waals surface area contributed by atoms with Crippen molar-refractivity contribution in [2.45, 2.75) is 13.1 Å². The molecule has 0 atom stereocenters. The van der Waals surface area contributed by atoms with Gasteiger partial charge >= 0.3 is 5.97 Å². The molecule has 3 aromatic heterocycles. The number of nitrogens with zero attached hydrogens (tertiary/aromatic N) is 6. The van der Waals surface area contributed by atoms with Gasteiger partial charge < -0.3 is 10.0 Å². The Morgan fingerprint density at radius 3 is 2.84 bits per heavy atom. The van der Waals surface area contributed by atoms with E-state index in [0.717, 1.165) is 5.69 Å². The van der Waals surface area contributed by atoms with Crippen LogP contribution in [-0.2, 0) is 13.1 Å². The first kappa shape index (κ1) is 15.4. The number of rotatable bonds is 4. The highest BCUT2D eigenvalue weighted by atomic mass is 32.1. The summed E-state index contributed by atoms with van der Waals surface area (Å²) >= 11 is 1.42. The molecule has 10 heteroatoms. The van der Waals surface area contributed by atoms with Crippen LogP contribution >= 0.6 is 11.3 Å². The van der Waals surface area contributed by atoms with E-state index >= 15 is 0 Å². The molecule has 0 saturated carbocycles. The van der Waals surface area contributed by atoms with Crippen molar-refractivity contribution in [3.63, 3.8) is 0 Å². The highest BCUT2D eigenvalue weighted by Gasteiger charge is 2.28. The Hall–Kier alpha value is -3.14. The predicted octanol–water partition coefficient (Wildman–Crippen LogP) is 1.15. The Bertz CT molecular complexity index is 951. The third-order valence-electron chi connectivity index (χ3n) is 3.75. The molecule has 0 bridgehead atoms. The second-order valence-electron chi connectivity index (χ2n) is 5.39. The van der Waals surface area contributed by atoms with E-state index in [1.807, 2.05) is 5.38 Å². The average Bonchev–Trinajstić information content (AvgIpc) is 3.26. The maximum atomic E-state index is 12.6. The molecule has 1 aliphatic heterocycles. The van der Waals surface area contributed by atoms with Gasteiger partial charge in [0.15, 0.2) is 16.5 Å². The average molecular weight is 356 g/mol. The highest BCUT2D eigenvalue weighted by Crippen LogP contribution is 2.22. The minimum atomic E-state index is -1.15. The first-order valence-electron chi connectivity index (χ1n) is 7.44. The van der Waals surface area contributed by atoms with E-state index in [9.17, 15) is 9.59 Å². The number of aromatic nitrogens is 5. The number of thiazole rings is 1. The molecule has 1 N–H and O–H groups in total. The molecular formula is C15H12N6O3S. The summed E-state index contributed by atoms with van der Waals surface area (Å²) in [6, 6.07) is 3.04. The molecule has 0 unspecified atom stereocenters. The first-order chi connectivity index (χ1) is 12.1. The summed E-state index contributed by atoms with van der Waals surface area (Å²) in [5.41, 5.74) is 0.903. The topological polar surface area (TPSA) is 114 Å². The zero-order valence-corrected chi connectivity index (χ0v) is 13.7. The molecule has 0 fully saturated rings. The van der Waals surface area contributed by atoms with Crippen molar-refractivity contribution in [1.29, 1.82) is 0 Å². The Balaban J connectivity index is 1.53. The quantitative estimate of drug-likeness (QED) is 0.746. The van der Waals surface area contributed by atoms with Gasteiger partial charge in [0.05, 0.1) is 18.8 Å². The van der Waals surface area contributed by atoms with Gasteiger partial charge in [0.25, 0.3) is 5.91 Å². The minimum absolute atomic E-state index is 0.123. The molecule has 126 valence electrons. The van der Waals surface area contributed by atoms with Crippen molar-refractivity contribution in [2.24, 2.45) is 0 Å². The lowest BCUT2D eigenvalue weighted by Crippen LogP contribution is -2.39. The number of carbonyl (C=O) groups excluding carboxylic acids is 1. The van der Waals surface area contributed by atoms with Crippen molar-refractivity contribution in [2.75, 3.05) is 6.54 Å². The van der Waals surface area contributed by atoms with Gasteiger partial charge in [-0.05, 0) is 6.07 Å². The van der Waals surface area contributed by atoms with Crippen LogP contribution in [0, 0.1) is 0 Å². The number of fused-ring (bicyclic) bond motifs is 1. The molecule has 4 heterocycles. The van der Waals surface area contributed by atoms with Gasteiger partial charge in [-0.15, -0.1) is 11.3 Å². The summed E-state index contributed by atoms with van der Waals surface area (Å²) in [5.74, 6) is -0.849. The van der Waals surface area contributed by atoms with Gasteiger partial charge in [-0.2, -0.15) is 5.10 Å². The van der Waals surface area contributed by atoms with Crippen molar-refractivity contribution in [3.05, 3.63) is 47.0 Å². The van der Waals surface area contributed by atoms with Gasteiger partial charge in [-0.1, -0.05) is 0 Å². The van der Waals surface area contributed by atoms with E-state index in [2.05, 4.69) is 20.1 Å². The maximum absolute atomic E-state index is 12.6. The van der Waals surface area contributed by atoms with E-state index in [0.29, 0.717) is 30.5 Å². The first-order valence-corrected chi connectivity index (χ1v) is 8.32. The molecule has 1 amide bonds. The smallest absolute Gasteiger partial charge is 0.356 e. The normalized spacial score (nSPS) is 13.8. The molecule has 0 aliphatic carbocycles. The Kier molecular flexibility index (Phi) is 3.73. The van der Waals surface area contributed by atoms with Crippen molar-refractivity contribution in [3.8, 4) is 10.8 Å². The van der Waals surface area contributed by atoms with E-state index in [-0.39, 0.29) is 17.3 Å². The summed E-state index contributed by atoms with van der Waals surface area (Å²) in [6.07, 6.45) is 3.30. The summed E-state index contributed by atoms with van der Waals surface area (Å²) < 4.78 is 1.44. The number of hydrogen-bond donors (Lipinski definition) is 1. The van der Waals surface area contributed by atoms with Crippen LogP contribution < -0.4 is 0 Å². The van der Waals surface area contributed by atoms with E-state index in [1.165, 1.54) is 22.1 Å². The molecule has 0 radical (unpaired) electrons. The SMILES string of the molecule is O=C(O)c1cc2n(n1)CCN(Cc1csc(-c3ncccn3)n1)C2=O. The number of carbonyl (C=O) groups is 2. The Morgan fingerprint density at radius 2 is 2.08 bits per heavy atom. The predicted molar refractivity (Wildman–Crippen MR) is 87.1 cm³/mol. The summed E-state index contributed by atoms with van der Waals surface area (Å²) in [6.45, 7) is 1.24. The third-order valence-corrected chi connectivity index (χ3v) is 4.64. The largest absolute Gasteiger partial charge is 0.476 e. The molecule has 0 aromatic carbocycles. The molecule has 4 rings (SSSR count). The summed E-state index contributed by atoms with van der Waals surface area (Å²) in [4.78, 5) is 38.0. The standard InChI is InChI=1S/C15H12N6O3S/c22-14-11-6-10(15(23)24)19-21(11)5-4-20(14)7-9-8-25-13(18-9)12-16-2-1-3-17-12/h1-3,6,8H,4-5,7H2,(H,23,24). The monoisotopic (exact) mass is 356 g/mol. The van der Waals surface area contributed by atoms with Crippen LogP contribution in [0.2, 0.25) is 0 Å². The number of amides is 1. The molecule has 9 nitrogen and oxygen atoms in total. The number of hydrogen-bond acceptors (Lipinski definition) is 7. The fraction of sp³-hybridized carbons (Fsp3) is 0.200. The Morgan fingerprint density at radius 1 is 1.28 bits per heavy atom. The van der Waals surface area contributed by atoms with Gasteiger partial charge in [0.2, 0.25) is 0 Å². The van der Waals surface area contributed by atoms with Crippen LogP contribution in [0.15, 0.2) is 29.9 Å². The molecular weight excluding hydrogens is 344 g/mol. The van der Waals surface area contributed by atoms with Crippen LogP contribution in [0.3, 0.4) is 0 Å². The van der Waals surface area contributed by atoms with Crippen molar-refractivity contribution >= 4 is 23.2 Å². The highest BCUT2D eigenvalue weighted by molar-refractivity contribution is 7.13. The van der Waals surface area contributed by atoms with Gasteiger partial charge in [-0.25, -0.2) is 19.7 Å². The Labute approximate surface area is 145 Å². The zero-order valence-electron chi connectivity index (χ0n) is 12.9. The second kappa shape index (κ2) is 6.06. The molecule has 3 aromatic rings. The lowest BCUT2D eigenvalue weighted by molar-refractivity contribution is 0.0669. The van der Waals surface area contributed by atoms with Gasteiger partial charge in [0.1, 0.15) is 5.69 Å². The molecule has 25 heavy (non-hydrogen) atoms.